The number of hydrogen-bond acceptors (Lipinski definition) is 2. The lowest BCUT2D eigenvalue weighted by molar-refractivity contribution is 0.112. The molecule has 1 rings (SSSR count). The van der Waals surface area contributed by atoms with Crippen LogP contribution in [0.4, 0.5) is 0 Å². The minimum Gasteiger partial charge on any atom is -0.298 e. The lowest BCUT2D eigenvalue weighted by Gasteiger charge is -2.00. The Labute approximate surface area is 83.9 Å². The van der Waals surface area contributed by atoms with Gasteiger partial charge in [0.1, 0.15) is 6.29 Å². The molecule has 0 atom stereocenters. The van der Waals surface area contributed by atoms with Crippen LogP contribution in [0.1, 0.15) is 21.5 Å². The first kappa shape index (κ1) is 10.1. The molecule has 1 aromatic rings. The molecule has 13 heavy (non-hydrogen) atoms. The number of carbonyl (C=O) groups is 1. The molecular formula is C11H12OS. The van der Waals surface area contributed by atoms with Crippen molar-refractivity contribution in [2.75, 3.05) is 5.75 Å². The van der Waals surface area contributed by atoms with Gasteiger partial charge in [-0.1, -0.05) is 24.3 Å². The maximum absolute atomic E-state index is 10.5. The van der Waals surface area contributed by atoms with Crippen LogP contribution in [0.3, 0.4) is 0 Å². The summed E-state index contributed by atoms with van der Waals surface area (Å²) in [6.07, 6.45) is 4.80. The highest BCUT2D eigenvalue weighted by molar-refractivity contribution is 7.80. The Morgan fingerprint density at radius 2 is 2.23 bits per heavy atom. The zero-order valence-corrected chi connectivity index (χ0v) is 8.42. The molecule has 1 nitrogen and oxygen atoms in total. The second-order valence-corrected chi connectivity index (χ2v) is 3.18. The van der Waals surface area contributed by atoms with Gasteiger partial charge in [0.05, 0.1) is 0 Å². The molecule has 0 aliphatic heterocycles. The van der Waals surface area contributed by atoms with E-state index in [1.165, 1.54) is 5.56 Å². The van der Waals surface area contributed by atoms with Gasteiger partial charge in [0, 0.05) is 11.3 Å². The summed E-state index contributed by atoms with van der Waals surface area (Å²) in [6.45, 7) is 2.02. The molecule has 0 saturated heterocycles. The maximum atomic E-state index is 10.5. The van der Waals surface area contributed by atoms with Crippen molar-refractivity contribution in [3.05, 3.63) is 41.0 Å². The van der Waals surface area contributed by atoms with Gasteiger partial charge in [-0.05, 0) is 24.1 Å². The van der Waals surface area contributed by atoms with Gasteiger partial charge in [-0.25, -0.2) is 0 Å². The minimum absolute atomic E-state index is 0.712. The fourth-order valence-electron chi connectivity index (χ4n) is 1.09. The lowest BCUT2D eigenvalue weighted by Crippen LogP contribution is -1.85. The molecule has 0 saturated carbocycles. The van der Waals surface area contributed by atoms with E-state index in [0.29, 0.717) is 11.3 Å². The summed E-state index contributed by atoms with van der Waals surface area (Å²) >= 11 is 4.08. The SMILES string of the molecule is Cc1ccc(C=O)cc1C=CCS. The maximum Gasteiger partial charge on any atom is 0.150 e. The van der Waals surface area contributed by atoms with Crippen molar-refractivity contribution in [1.29, 1.82) is 0 Å². The van der Waals surface area contributed by atoms with E-state index < -0.39 is 0 Å². The minimum atomic E-state index is 0.712. The van der Waals surface area contributed by atoms with Crippen LogP contribution < -0.4 is 0 Å². The number of aldehydes is 1. The first-order chi connectivity index (χ1) is 6.27. The van der Waals surface area contributed by atoms with E-state index in [0.717, 1.165) is 11.8 Å². The van der Waals surface area contributed by atoms with Crippen LogP contribution in [0.5, 0.6) is 0 Å². The Hall–Kier alpha value is -1.02. The predicted octanol–water partition coefficient (Wildman–Crippen LogP) is 2.75. The summed E-state index contributed by atoms with van der Waals surface area (Å²) in [5.41, 5.74) is 2.96. The van der Waals surface area contributed by atoms with E-state index in [1.54, 1.807) is 0 Å². The Morgan fingerprint density at radius 3 is 2.85 bits per heavy atom. The van der Waals surface area contributed by atoms with Crippen LogP contribution in [-0.2, 0) is 0 Å². The molecule has 0 amide bonds. The molecule has 0 spiro atoms. The third-order valence-electron chi connectivity index (χ3n) is 1.84. The molecule has 0 unspecified atom stereocenters. The molecular weight excluding hydrogens is 180 g/mol. The second kappa shape index (κ2) is 4.87. The molecule has 0 N–H and O–H groups in total. The highest BCUT2D eigenvalue weighted by Crippen LogP contribution is 2.11. The monoisotopic (exact) mass is 192 g/mol. The van der Waals surface area contributed by atoms with Crippen LogP contribution in [-0.4, -0.2) is 12.0 Å². The van der Waals surface area contributed by atoms with Crippen LogP contribution in [0.2, 0.25) is 0 Å². The van der Waals surface area contributed by atoms with Crippen molar-refractivity contribution < 1.29 is 4.79 Å². The Bertz CT molecular complexity index is 329. The first-order valence-corrected chi connectivity index (χ1v) is 4.74. The Morgan fingerprint density at radius 1 is 1.46 bits per heavy atom. The molecule has 1 aromatic carbocycles. The largest absolute Gasteiger partial charge is 0.298 e. The van der Waals surface area contributed by atoms with Gasteiger partial charge >= 0.3 is 0 Å². The van der Waals surface area contributed by atoms with Gasteiger partial charge in [0.25, 0.3) is 0 Å². The molecule has 0 aliphatic carbocycles. The molecule has 68 valence electrons. The van der Waals surface area contributed by atoms with E-state index in [1.807, 2.05) is 37.3 Å². The number of aryl methyl sites for hydroxylation is 1. The van der Waals surface area contributed by atoms with E-state index in [9.17, 15) is 4.79 Å². The summed E-state index contributed by atoms with van der Waals surface area (Å²) in [4.78, 5) is 10.5. The van der Waals surface area contributed by atoms with Crippen LogP contribution in [0, 0.1) is 6.92 Å². The quantitative estimate of drug-likeness (QED) is 0.575. The summed E-state index contributed by atoms with van der Waals surface area (Å²) < 4.78 is 0. The van der Waals surface area contributed by atoms with E-state index in [4.69, 9.17) is 0 Å². The predicted molar refractivity (Wildman–Crippen MR) is 59.5 cm³/mol. The van der Waals surface area contributed by atoms with Crippen molar-refractivity contribution in [2.24, 2.45) is 0 Å². The van der Waals surface area contributed by atoms with Crippen molar-refractivity contribution in [2.45, 2.75) is 6.92 Å². The number of hydrogen-bond donors (Lipinski definition) is 1. The zero-order chi connectivity index (χ0) is 9.68. The summed E-state index contributed by atoms with van der Waals surface area (Å²) in [5.74, 6) is 0.713. The lowest BCUT2D eigenvalue weighted by atomic mass is 10.1. The Kier molecular flexibility index (Phi) is 3.77. The van der Waals surface area contributed by atoms with Crippen molar-refractivity contribution in [3.8, 4) is 0 Å². The smallest absolute Gasteiger partial charge is 0.150 e. The number of rotatable bonds is 3. The highest BCUT2D eigenvalue weighted by atomic mass is 32.1. The summed E-state index contributed by atoms with van der Waals surface area (Å²) in [7, 11) is 0. The zero-order valence-electron chi connectivity index (χ0n) is 7.53. The average molecular weight is 192 g/mol. The topological polar surface area (TPSA) is 17.1 Å². The molecule has 0 bridgehead atoms. The summed E-state index contributed by atoms with van der Waals surface area (Å²) in [6, 6.07) is 5.64. The number of carbonyl (C=O) groups excluding carboxylic acids is 1. The third-order valence-corrected chi connectivity index (χ3v) is 2.05. The van der Waals surface area contributed by atoms with E-state index >= 15 is 0 Å². The van der Waals surface area contributed by atoms with E-state index in [2.05, 4.69) is 12.6 Å². The van der Waals surface area contributed by atoms with Gasteiger partial charge in [-0.2, -0.15) is 12.6 Å². The Balaban J connectivity index is 3.03. The first-order valence-electron chi connectivity index (χ1n) is 4.11. The standard InChI is InChI=1S/C11H12OS/c1-9-4-5-10(8-12)7-11(9)3-2-6-13/h2-5,7-8,13H,6H2,1H3. The normalized spacial score (nSPS) is 10.6. The second-order valence-electron chi connectivity index (χ2n) is 2.82. The van der Waals surface area contributed by atoms with Crippen LogP contribution >= 0.6 is 12.6 Å². The fraction of sp³-hybridized carbons (Fsp3) is 0.182. The van der Waals surface area contributed by atoms with E-state index in [-0.39, 0.29) is 0 Å². The molecule has 0 aliphatic rings. The highest BCUT2D eigenvalue weighted by Gasteiger charge is 1.95. The van der Waals surface area contributed by atoms with Gasteiger partial charge in [0.15, 0.2) is 0 Å². The summed E-state index contributed by atoms with van der Waals surface area (Å²) in [5, 5.41) is 0. The number of benzene rings is 1. The average Bonchev–Trinajstić information content (AvgIpc) is 2.17. The van der Waals surface area contributed by atoms with Crippen molar-refractivity contribution in [3.63, 3.8) is 0 Å². The van der Waals surface area contributed by atoms with Gasteiger partial charge in [-0.3, -0.25) is 4.79 Å². The molecule has 2 heteroatoms. The van der Waals surface area contributed by atoms with Gasteiger partial charge in [0.2, 0.25) is 0 Å². The molecule has 0 aromatic heterocycles. The van der Waals surface area contributed by atoms with Gasteiger partial charge in [-0.15, -0.1) is 0 Å². The van der Waals surface area contributed by atoms with Crippen molar-refractivity contribution in [1.82, 2.24) is 0 Å². The van der Waals surface area contributed by atoms with Gasteiger partial charge < -0.3 is 0 Å². The fourth-order valence-corrected chi connectivity index (χ4v) is 1.20. The molecule has 0 heterocycles. The molecule has 0 radical (unpaired) electrons. The third kappa shape index (κ3) is 2.74. The van der Waals surface area contributed by atoms with Crippen LogP contribution in [0.15, 0.2) is 24.3 Å². The number of thiol groups is 1. The van der Waals surface area contributed by atoms with Crippen molar-refractivity contribution >= 4 is 25.0 Å². The van der Waals surface area contributed by atoms with Crippen LogP contribution in [0.25, 0.3) is 6.08 Å². The molecule has 0 fully saturated rings.